The number of nitrogens with one attached hydrogen (secondary N) is 1. The molecule has 4 aromatic rings. The molecule has 3 aliphatic heterocycles. The summed E-state index contributed by atoms with van der Waals surface area (Å²) in [5.41, 5.74) is 3.58. The van der Waals surface area contributed by atoms with E-state index < -0.39 is 23.4 Å². The molecule has 0 bridgehead atoms. The molecule has 1 spiro atoms. The van der Waals surface area contributed by atoms with Gasteiger partial charge < -0.3 is 15.0 Å². The van der Waals surface area contributed by atoms with Crippen molar-refractivity contribution in [2.24, 2.45) is 5.92 Å². The summed E-state index contributed by atoms with van der Waals surface area (Å²) in [6.45, 7) is 2.01. The van der Waals surface area contributed by atoms with E-state index in [1.54, 1.807) is 55.6 Å². The van der Waals surface area contributed by atoms with Crippen LogP contribution in [0, 0.1) is 5.92 Å². The lowest BCUT2D eigenvalue weighted by molar-refractivity contribution is -0.121. The van der Waals surface area contributed by atoms with Crippen molar-refractivity contribution in [1.82, 2.24) is 0 Å². The number of Topliss-reactive ketones (excluding diaryl/α,β-unsaturated/α-hetero) is 2. The van der Waals surface area contributed by atoms with Gasteiger partial charge in [-0.1, -0.05) is 54.1 Å². The van der Waals surface area contributed by atoms with Crippen molar-refractivity contribution in [3.63, 3.8) is 0 Å². The van der Waals surface area contributed by atoms with Gasteiger partial charge >= 0.3 is 0 Å². The van der Waals surface area contributed by atoms with Crippen LogP contribution in [0.2, 0.25) is 5.02 Å². The second kappa shape index (κ2) is 9.71. The zero-order chi connectivity index (χ0) is 29.2. The number of hydrogen-bond donors (Lipinski definition) is 1. The van der Waals surface area contributed by atoms with Gasteiger partial charge in [0.1, 0.15) is 17.2 Å². The van der Waals surface area contributed by atoms with E-state index in [4.69, 9.17) is 16.3 Å². The number of carbonyl (C=O) groups is 3. The Morgan fingerprint density at radius 2 is 1.50 bits per heavy atom. The second-order valence-electron chi connectivity index (χ2n) is 11.0. The van der Waals surface area contributed by atoms with E-state index >= 15 is 0 Å². The highest BCUT2D eigenvalue weighted by Crippen LogP contribution is 2.58. The molecule has 7 rings (SSSR count). The molecule has 0 saturated carbocycles. The quantitative estimate of drug-likeness (QED) is 0.272. The van der Waals surface area contributed by atoms with Crippen molar-refractivity contribution in [2.75, 3.05) is 17.3 Å². The fourth-order valence-electron chi connectivity index (χ4n) is 7.11. The number of carbonyl (C=O) groups excluding carboxylic acids is 3. The minimum Gasteiger partial charge on any atom is -0.497 e. The summed E-state index contributed by atoms with van der Waals surface area (Å²) in [6.07, 6.45) is 2.05. The number of fused-ring (bicyclic) bond motifs is 6. The zero-order valence-electron chi connectivity index (χ0n) is 23.0. The van der Waals surface area contributed by atoms with Gasteiger partial charge in [0, 0.05) is 33.1 Å². The van der Waals surface area contributed by atoms with Crippen LogP contribution in [-0.2, 0) is 10.2 Å². The Bertz CT molecular complexity index is 1800. The molecule has 1 saturated heterocycles. The van der Waals surface area contributed by atoms with Crippen LogP contribution in [0.1, 0.15) is 38.8 Å². The number of nitrogens with zero attached hydrogens (tertiary/aromatic N) is 1. The normalized spacial score (nSPS) is 23.5. The molecule has 1 fully saturated rings. The van der Waals surface area contributed by atoms with E-state index in [1.807, 2.05) is 66.4 Å². The molecule has 4 atom stereocenters. The minimum atomic E-state index is -1.37. The highest BCUT2D eigenvalue weighted by atomic mass is 35.5. The number of rotatable bonds is 5. The Kier molecular flexibility index (Phi) is 6.06. The van der Waals surface area contributed by atoms with E-state index in [1.165, 1.54) is 0 Å². The summed E-state index contributed by atoms with van der Waals surface area (Å²) >= 11 is 6.18. The molecule has 208 valence electrons. The van der Waals surface area contributed by atoms with Crippen molar-refractivity contribution >= 4 is 46.0 Å². The summed E-state index contributed by atoms with van der Waals surface area (Å²) < 4.78 is 5.33. The van der Waals surface area contributed by atoms with Gasteiger partial charge in [-0.15, -0.1) is 0 Å². The number of allylic oxidation sites excluding steroid dienone is 1. The second-order valence-corrected chi connectivity index (χ2v) is 11.4. The summed E-state index contributed by atoms with van der Waals surface area (Å²) in [5, 5.41) is 3.57. The number of ketones is 2. The zero-order valence-corrected chi connectivity index (χ0v) is 23.8. The van der Waals surface area contributed by atoms with E-state index in [0.29, 0.717) is 33.1 Å². The molecule has 0 aliphatic carbocycles. The van der Waals surface area contributed by atoms with Crippen LogP contribution in [0.25, 0.3) is 5.57 Å². The van der Waals surface area contributed by atoms with Crippen LogP contribution in [0.3, 0.4) is 0 Å². The fourth-order valence-corrected chi connectivity index (χ4v) is 7.23. The van der Waals surface area contributed by atoms with Crippen molar-refractivity contribution in [1.29, 1.82) is 0 Å². The van der Waals surface area contributed by atoms with Crippen LogP contribution in [0.4, 0.5) is 11.4 Å². The smallest absolute Gasteiger partial charge is 0.238 e. The Balaban J connectivity index is 1.54. The Morgan fingerprint density at radius 3 is 2.24 bits per heavy atom. The van der Waals surface area contributed by atoms with E-state index in [-0.39, 0.29) is 17.5 Å². The average Bonchev–Trinajstić information content (AvgIpc) is 3.49. The van der Waals surface area contributed by atoms with E-state index in [2.05, 4.69) is 5.32 Å². The third-order valence-corrected chi connectivity index (χ3v) is 9.19. The van der Waals surface area contributed by atoms with Gasteiger partial charge in [0.15, 0.2) is 11.6 Å². The van der Waals surface area contributed by atoms with E-state index in [9.17, 15) is 14.4 Å². The molecule has 0 unspecified atom stereocenters. The summed E-state index contributed by atoms with van der Waals surface area (Å²) in [4.78, 5) is 46.0. The molecule has 42 heavy (non-hydrogen) atoms. The summed E-state index contributed by atoms with van der Waals surface area (Å²) in [7, 11) is 1.56. The first-order valence-electron chi connectivity index (χ1n) is 13.8. The first-order valence-corrected chi connectivity index (χ1v) is 14.2. The molecule has 3 heterocycles. The van der Waals surface area contributed by atoms with Crippen LogP contribution in [0.5, 0.6) is 5.75 Å². The summed E-state index contributed by atoms with van der Waals surface area (Å²) in [5.74, 6) is -1.26. The number of para-hydroxylation sites is 2. The maximum Gasteiger partial charge on any atom is 0.238 e. The molecule has 1 amide bonds. The van der Waals surface area contributed by atoms with Crippen LogP contribution < -0.4 is 15.0 Å². The van der Waals surface area contributed by atoms with Gasteiger partial charge in [-0.25, -0.2) is 0 Å². The predicted molar refractivity (Wildman–Crippen MR) is 163 cm³/mol. The Morgan fingerprint density at radius 1 is 0.857 bits per heavy atom. The molecular formula is C35H27ClN2O4. The van der Waals surface area contributed by atoms with Crippen molar-refractivity contribution in [3.05, 3.63) is 130 Å². The minimum absolute atomic E-state index is 0.250. The average molecular weight is 575 g/mol. The number of halogens is 1. The van der Waals surface area contributed by atoms with Crippen LogP contribution >= 0.6 is 11.6 Å². The van der Waals surface area contributed by atoms with Gasteiger partial charge in [-0.2, -0.15) is 0 Å². The molecule has 4 aromatic carbocycles. The third-order valence-electron chi connectivity index (χ3n) is 8.94. The largest absolute Gasteiger partial charge is 0.497 e. The molecule has 3 aliphatic rings. The van der Waals surface area contributed by atoms with Crippen LogP contribution in [-0.4, -0.2) is 36.7 Å². The van der Waals surface area contributed by atoms with Crippen molar-refractivity contribution < 1.29 is 19.1 Å². The maximum absolute atomic E-state index is 14.9. The lowest BCUT2D eigenvalue weighted by Crippen LogP contribution is -2.51. The molecule has 6 nitrogen and oxygen atoms in total. The van der Waals surface area contributed by atoms with Gasteiger partial charge in [0.25, 0.3) is 0 Å². The fraction of sp³-hybridized carbons (Fsp3) is 0.171. The number of methoxy groups -OCH3 is 1. The number of benzene rings is 4. The maximum atomic E-state index is 14.9. The Hall–Kier alpha value is -4.68. The predicted octanol–water partition coefficient (Wildman–Crippen LogP) is 6.59. The number of ether oxygens (including phenoxy) is 1. The lowest BCUT2D eigenvalue weighted by Gasteiger charge is -2.39. The molecular weight excluding hydrogens is 548 g/mol. The van der Waals surface area contributed by atoms with Gasteiger partial charge in [0.05, 0.1) is 19.1 Å². The van der Waals surface area contributed by atoms with Gasteiger partial charge in [-0.3, -0.25) is 14.4 Å². The summed E-state index contributed by atoms with van der Waals surface area (Å²) in [6, 6.07) is 27.3. The lowest BCUT2D eigenvalue weighted by atomic mass is 9.64. The van der Waals surface area contributed by atoms with E-state index in [0.717, 1.165) is 16.8 Å². The third kappa shape index (κ3) is 3.61. The van der Waals surface area contributed by atoms with Gasteiger partial charge in [0.2, 0.25) is 5.91 Å². The highest BCUT2D eigenvalue weighted by molar-refractivity contribution is 6.30. The topological polar surface area (TPSA) is 75.7 Å². The SMILES string of the molecule is COc1ccc(C(=O)[C@@H]2[C@H](C(=O)c3ccc(Cl)cc3)N3c4ccccc4C(C)=C[C@H]3[C@]23C(=O)Nc2ccccc23)cc1. The number of anilines is 2. The molecule has 7 heteroatoms. The monoisotopic (exact) mass is 574 g/mol. The first kappa shape index (κ1) is 26.2. The van der Waals surface area contributed by atoms with Crippen molar-refractivity contribution in [3.8, 4) is 5.75 Å². The molecule has 0 radical (unpaired) electrons. The Labute approximate surface area is 248 Å². The highest BCUT2D eigenvalue weighted by Gasteiger charge is 2.70. The van der Waals surface area contributed by atoms with Crippen LogP contribution in [0.15, 0.2) is 103 Å². The number of amides is 1. The van der Waals surface area contributed by atoms with Gasteiger partial charge in [-0.05, 0) is 78.7 Å². The standard InChI is InChI=1S/C35H27ClN2O4/c1-20-19-29-35(26-8-4-5-9-27(26)37-34(35)41)30(32(39)21-13-17-24(42-2)18-14-21)31(33(40)22-11-15-23(36)16-12-22)38(29)28-10-6-3-7-25(20)28/h3-19,29-31H,1-2H3,(H,37,41)/t29-,30-,31+,35-/m0/s1. The molecule has 0 aromatic heterocycles. The first-order chi connectivity index (χ1) is 20.4. The number of hydrogen-bond acceptors (Lipinski definition) is 5. The molecule has 1 N–H and O–H groups in total. The van der Waals surface area contributed by atoms with Crippen molar-refractivity contribution in [2.45, 2.75) is 24.4 Å².